The molecule has 0 aromatic carbocycles. The number of ether oxygens (including phenoxy) is 4. The van der Waals surface area contributed by atoms with Crippen molar-refractivity contribution >= 4 is 39.8 Å². The number of aliphatic hydroxyl groups is 1. The maximum absolute atomic E-state index is 13.1. The monoisotopic (exact) mass is 1470 g/mol. The summed E-state index contributed by atoms with van der Waals surface area (Å²) in [5.41, 5.74) is 0. The standard InChI is InChI=1S/C83H144O17P2/c1-4-7-10-13-16-19-22-25-27-29-33-38-42-47-52-57-62-67-81(86)94-75-80(100-83(88)69-64-59-54-49-44-39-34-30-28-26-23-20-17-14-11-8-5-2)77-98-102(91,92)96-73-78(85)72-95-101(89,90)97-76-79(99-82(87)68-63-58-53-48-43-37-24-21-18-15-12-9-6-3)74-93-71-66-61-56-51-46-41-36-32-31-35-40-45-50-55-60-65-70-84/h16-17,19-20,25-28,31,33-35,38-39,47,49,52,54,70,78-80,85H,4-15,18,21-24,29-30,32,36-37,40-46,48,50-51,53,55-69,71-77H2,1-3H3,(H,89,90)(H,91,92)/b19-16-,20-17-,27-25-,28-26-,35-31-,38-33-,39-34-,52-47-,54-49-/t78-,79+,80+/m0/s1. The topological polar surface area (TPSA) is 237 Å². The fraction of sp³-hybridized carbons (Fsp3) is 0.735. The van der Waals surface area contributed by atoms with E-state index >= 15 is 0 Å². The molecule has 0 aliphatic rings. The first-order chi connectivity index (χ1) is 49.8. The number of unbranched alkanes of at least 4 members (excludes halogenated alkanes) is 32. The van der Waals surface area contributed by atoms with Crippen molar-refractivity contribution in [2.24, 2.45) is 0 Å². The SMILES string of the molecule is CCCCC/C=C\C/C=C\C/C=C\C/C=C\CCCC(=O)OC[C@H](COP(=O)(O)OC[C@@H](O)COP(=O)(O)OC[C@@H](COCCCCCCCCC/C=C\CCCCCCC=O)OC(=O)CCCCCCCCCCCCCCC)OC(=O)CCC/C=C\C/C=C\C/C=C\C/C=C\CCCCC. The van der Waals surface area contributed by atoms with Gasteiger partial charge in [0.05, 0.1) is 33.0 Å². The van der Waals surface area contributed by atoms with E-state index in [4.69, 9.17) is 37.0 Å². The normalized spacial score (nSPS) is 14.5. The molecule has 102 heavy (non-hydrogen) atoms. The van der Waals surface area contributed by atoms with Gasteiger partial charge >= 0.3 is 33.6 Å². The number of hydrogen-bond acceptors (Lipinski definition) is 15. The highest BCUT2D eigenvalue weighted by atomic mass is 31.2. The fourth-order valence-electron chi connectivity index (χ4n) is 10.6. The Morgan fingerprint density at radius 1 is 0.314 bits per heavy atom. The van der Waals surface area contributed by atoms with Crippen LogP contribution in [-0.4, -0.2) is 104 Å². The zero-order valence-electron chi connectivity index (χ0n) is 64.0. The zero-order chi connectivity index (χ0) is 74.4. The van der Waals surface area contributed by atoms with E-state index < -0.39 is 84.9 Å². The average molecular weight is 1480 g/mol. The third kappa shape index (κ3) is 75.6. The second-order valence-corrected chi connectivity index (χ2v) is 29.5. The van der Waals surface area contributed by atoms with Crippen molar-refractivity contribution in [1.29, 1.82) is 0 Å². The van der Waals surface area contributed by atoms with Gasteiger partial charge < -0.3 is 38.6 Å². The predicted molar refractivity (Wildman–Crippen MR) is 418 cm³/mol. The van der Waals surface area contributed by atoms with Gasteiger partial charge in [-0.3, -0.25) is 32.5 Å². The largest absolute Gasteiger partial charge is 0.472 e. The van der Waals surface area contributed by atoms with Gasteiger partial charge in [-0.2, -0.15) is 0 Å². The van der Waals surface area contributed by atoms with E-state index in [1.165, 1.54) is 122 Å². The Morgan fingerprint density at radius 2 is 0.588 bits per heavy atom. The summed E-state index contributed by atoms with van der Waals surface area (Å²) in [4.78, 5) is 70.6. The smallest absolute Gasteiger partial charge is 0.462 e. The van der Waals surface area contributed by atoms with Crippen LogP contribution in [0.1, 0.15) is 329 Å². The molecular weight excluding hydrogens is 1330 g/mol. The van der Waals surface area contributed by atoms with Crippen molar-refractivity contribution in [2.75, 3.05) is 46.2 Å². The first kappa shape index (κ1) is 97.9. The third-order valence-electron chi connectivity index (χ3n) is 16.7. The summed E-state index contributed by atoms with van der Waals surface area (Å²) in [5.74, 6) is -1.67. The minimum atomic E-state index is -4.98. The van der Waals surface area contributed by atoms with Gasteiger partial charge in [0.25, 0.3) is 0 Å². The van der Waals surface area contributed by atoms with Crippen molar-refractivity contribution < 1.29 is 80.2 Å². The van der Waals surface area contributed by atoms with Crippen LogP contribution in [0, 0.1) is 0 Å². The van der Waals surface area contributed by atoms with Crippen LogP contribution >= 0.6 is 15.6 Å². The number of rotatable bonds is 77. The van der Waals surface area contributed by atoms with Crippen LogP contribution in [0.2, 0.25) is 0 Å². The van der Waals surface area contributed by atoms with Gasteiger partial charge in [0.1, 0.15) is 25.1 Å². The molecule has 0 aliphatic heterocycles. The van der Waals surface area contributed by atoms with Crippen LogP contribution in [0.4, 0.5) is 0 Å². The number of hydrogen-bond donors (Lipinski definition) is 3. The summed E-state index contributed by atoms with van der Waals surface area (Å²) in [6, 6.07) is 0. The molecule has 0 aromatic heterocycles. The van der Waals surface area contributed by atoms with Crippen molar-refractivity contribution in [2.45, 2.75) is 347 Å². The molecule has 5 atom stereocenters. The number of esters is 3. The summed E-state index contributed by atoms with van der Waals surface area (Å²) in [7, 11) is -9.87. The van der Waals surface area contributed by atoms with Gasteiger partial charge in [-0.1, -0.05) is 278 Å². The van der Waals surface area contributed by atoms with E-state index in [0.717, 1.165) is 135 Å². The lowest BCUT2D eigenvalue weighted by Gasteiger charge is -2.21. The number of phosphoric ester groups is 2. The maximum atomic E-state index is 13.1. The third-order valence-corrected chi connectivity index (χ3v) is 18.6. The molecule has 19 heteroatoms. The van der Waals surface area contributed by atoms with Gasteiger partial charge in [-0.15, -0.1) is 0 Å². The van der Waals surface area contributed by atoms with Crippen LogP contribution in [-0.2, 0) is 65.4 Å². The predicted octanol–water partition coefficient (Wildman–Crippen LogP) is 23.0. The summed E-state index contributed by atoms with van der Waals surface area (Å²) >= 11 is 0. The highest BCUT2D eigenvalue weighted by Gasteiger charge is 2.30. The van der Waals surface area contributed by atoms with Gasteiger partial charge in [0.15, 0.2) is 6.10 Å². The van der Waals surface area contributed by atoms with E-state index in [1.807, 2.05) is 24.3 Å². The minimum Gasteiger partial charge on any atom is -0.462 e. The van der Waals surface area contributed by atoms with Crippen LogP contribution in [0.3, 0.4) is 0 Å². The first-order valence-electron chi connectivity index (χ1n) is 40.1. The number of aldehydes is 1. The van der Waals surface area contributed by atoms with E-state index in [0.29, 0.717) is 45.1 Å². The molecule has 0 saturated carbocycles. The lowest BCUT2D eigenvalue weighted by Crippen LogP contribution is -2.30. The van der Waals surface area contributed by atoms with Gasteiger partial charge in [0, 0.05) is 32.3 Å². The average Bonchev–Trinajstić information content (AvgIpc) is 0.946. The number of aliphatic hydroxyl groups excluding tert-OH is 1. The molecule has 2 unspecified atom stereocenters. The van der Waals surface area contributed by atoms with Crippen LogP contribution < -0.4 is 0 Å². The molecule has 0 radical (unpaired) electrons. The second-order valence-electron chi connectivity index (χ2n) is 26.6. The maximum Gasteiger partial charge on any atom is 0.472 e. The first-order valence-corrected chi connectivity index (χ1v) is 43.1. The van der Waals surface area contributed by atoms with E-state index in [-0.39, 0.29) is 25.9 Å². The van der Waals surface area contributed by atoms with Gasteiger partial charge in [-0.25, -0.2) is 9.13 Å². The highest BCUT2D eigenvalue weighted by molar-refractivity contribution is 7.47. The molecular formula is C83H144O17P2. The lowest BCUT2D eigenvalue weighted by atomic mass is 10.0. The van der Waals surface area contributed by atoms with Crippen molar-refractivity contribution in [1.82, 2.24) is 0 Å². The van der Waals surface area contributed by atoms with Gasteiger partial charge in [-0.05, 0) is 135 Å². The molecule has 0 saturated heterocycles. The molecule has 0 heterocycles. The summed E-state index contributed by atoms with van der Waals surface area (Å²) in [6.07, 6.45) is 82.8. The zero-order valence-corrected chi connectivity index (χ0v) is 65.8. The Labute approximate surface area is 619 Å². The molecule has 0 spiro atoms. The van der Waals surface area contributed by atoms with Crippen molar-refractivity contribution in [3.63, 3.8) is 0 Å². The van der Waals surface area contributed by atoms with Crippen LogP contribution in [0.25, 0.3) is 0 Å². The van der Waals surface area contributed by atoms with Crippen LogP contribution in [0.5, 0.6) is 0 Å². The van der Waals surface area contributed by atoms with E-state index in [2.05, 4.69) is 106 Å². The molecule has 0 amide bonds. The molecule has 0 bridgehead atoms. The molecule has 0 aromatic rings. The number of allylic oxidation sites excluding steroid dienone is 18. The second kappa shape index (κ2) is 76.5. The molecule has 17 nitrogen and oxygen atoms in total. The molecule has 588 valence electrons. The van der Waals surface area contributed by atoms with E-state index in [1.54, 1.807) is 0 Å². The number of carbonyl (C=O) groups is 4. The quantitative estimate of drug-likeness (QED) is 0.0128. The number of carbonyl (C=O) groups excluding carboxylic acids is 4. The molecule has 0 rings (SSSR count). The number of phosphoric acid groups is 2. The Hall–Kier alpha value is -4.12. The Morgan fingerprint density at radius 3 is 0.980 bits per heavy atom. The Kier molecular flexibility index (Phi) is 73.4. The summed E-state index contributed by atoms with van der Waals surface area (Å²) < 4.78 is 69.2. The molecule has 0 aliphatic carbocycles. The Bertz CT molecular complexity index is 2330. The Balaban J connectivity index is 5.38. The fourth-order valence-corrected chi connectivity index (χ4v) is 12.2. The van der Waals surface area contributed by atoms with Crippen molar-refractivity contribution in [3.05, 3.63) is 109 Å². The van der Waals surface area contributed by atoms with Gasteiger partial charge in [0.2, 0.25) is 0 Å². The summed E-state index contributed by atoms with van der Waals surface area (Å²) in [6.45, 7) is 3.50. The molecule has 0 fully saturated rings. The minimum absolute atomic E-state index is 0.0168. The van der Waals surface area contributed by atoms with Crippen LogP contribution in [0.15, 0.2) is 109 Å². The summed E-state index contributed by atoms with van der Waals surface area (Å²) in [5, 5.41) is 10.6. The lowest BCUT2D eigenvalue weighted by molar-refractivity contribution is -0.161. The molecule has 3 N–H and O–H groups in total. The van der Waals surface area contributed by atoms with Crippen molar-refractivity contribution in [3.8, 4) is 0 Å². The highest BCUT2D eigenvalue weighted by Crippen LogP contribution is 2.45. The van der Waals surface area contributed by atoms with E-state index in [9.17, 15) is 43.2 Å².